The lowest BCUT2D eigenvalue weighted by molar-refractivity contribution is -0.173. The quantitative estimate of drug-likeness (QED) is 0.234. The van der Waals surface area contributed by atoms with E-state index in [2.05, 4.69) is 4.90 Å². The molecule has 0 aromatic heterocycles. The Labute approximate surface area is 328 Å². The molecule has 2 aromatic rings. The molecule has 2 heterocycles. The minimum absolute atomic E-state index is 0.0288. The van der Waals surface area contributed by atoms with Crippen LogP contribution in [0.3, 0.4) is 0 Å². The van der Waals surface area contributed by atoms with Gasteiger partial charge in [0.05, 0.1) is 13.1 Å². The number of amides is 5. The number of Topliss-reactive ketones (excluding diaryl/α,β-unsaturated/α-hetero) is 2. The van der Waals surface area contributed by atoms with Crippen LogP contribution in [0.5, 0.6) is 0 Å². The Kier molecular flexibility index (Phi) is 15.7. The second-order valence-electron chi connectivity index (χ2n) is 15.4. The van der Waals surface area contributed by atoms with Crippen molar-refractivity contribution < 1.29 is 37.1 Å². The summed E-state index contributed by atoms with van der Waals surface area (Å²) in [5.41, 5.74) is 8.20. The van der Waals surface area contributed by atoms with Crippen molar-refractivity contribution in [3.8, 4) is 0 Å². The van der Waals surface area contributed by atoms with E-state index < -0.39 is 24.4 Å². The zero-order valence-electron chi connectivity index (χ0n) is 32.4. The Morgan fingerprint density at radius 3 is 1.32 bits per heavy atom. The van der Waals surface area contributed by atoms with Gasteiger partial charge in [-0.3, -0.25) is 14.4 Å². The molecule has 0 unspecified atom stereocenters. The van der Waals surface area contributed by atoms with Crippen LogP contribution < -0.4 is 11.1 Å². The van der Waals surface area contributed by atoms with E-state index in [9.17, 15) is 37.1 Å². The molecule has 2 aliphatic heterocycles. The van der Waals surface area contributed by atoms with Gasteiger partial charge < -0.3 is 30.7 Å². The number of benzene rings is 2. The number of piperidine rings is 2. The average Bonchev–Trinajstić information content (AvgIpc) is 3.97. The molecule has 0 bridgehead atoms. The summed E-state index contributed by atoms with van der Waals surface area (Å²) in [5, 5.41) is 1.58. The maximum absolute atomic E-state index is 13.2. The SMILES string of the molecule is NCC(=O)c1ccc(CN(C(=O)N2CCCCC2)C2CCCC2)cc1.O=C(CNC(=O)C(F)(F)F)c1ccc(CN(C(=O)N2CCCCC2)C2CCCC2)cc1. The summed E-state index contributed by atoms with van der Waals surface area (Å²) in [6.45, 7) is 3.67. The van der Waals surface area contributed by atoms with Gasteiger partial charge in [0.1, 0.15) is 0 Å². The van der Waals surface area contributed by atoms with Crippen molar-refractivity contribution in [1.82, 2.24) is 24.9 Å². The number of carbonyl (C=O) groups is 5. The predicted molar refractivity (Wildman–Crippen MR) is 207 cm³/mol. The third kappa shape index (κ3) is 12.0. The van der Waals surface area contributed by atoms with Crippen molar-refractivity contribution in [3.63, 3.8) is 0 Å². The summed E-state index contributed by atoms with van der Waals surface area (Å²) in [5.74, 6) is -2.80. The first-order chi connectivity index (χ1) is 26.9. The van der Waals surface area contributed by atoms with Gasteiger partial charge in [0.2, 0.25) is 0 Å². The highest BCUT2D eigenvalue weighted by atomic mass is 19.4. The molecule has 0 atom stereocenters. The Bertz CT molecular complexity index is 1610. The molecule has 2 aromatic carbocycles. The fourth-order valence-electron chi connectivity index (χ4n) is 8.14. The Morgan fingerprint density at radius 1 is 0.589 bits per heavy atom. The van der Waals surface area contributed by atoms with E-state index in [0.717, 1.165) is 108 Å². The molecule has 2 aliphatic carbocycles. The molecule has 2 saturated heterocycles. The number of likely N-dealkylation sites (tertiary alicyclic amines) is 2. The average molecular weight is 783 g/mol. The van der Waals surface area contributed by atoms with Gasteiger partial charge in [0.15, 0.2) is 11.6 Å². The summed E-state index contributed by atoms with van der Waals surface area (Å²) in [6.07, 6.45) is 10.4. The molecule has 14 heteroatoms. The highest BCUT2D eigenvalue weighted by Crippen LogP contribution is 2.29. The minimum atomic E-state index is -5.02. The molecular weight excluding hydrogens is 725 g/mol. The van der Waals surface area contributed by atoms with Gasteiger partial charge >= 0.3 is 24.1 Å². The number of hydrogen-bond donors (Lipinski definition) is 2. The third-order valence-corrected chi connectivity index (χ3v) is 11.4. The lowest BCUT2D eigenvalue weighted by atomic mass is 10.1. The van der Waals surface area contributed by atoms with Crippen molar-refractivity contribution in [1.29, 1.82) is 0 Å². The third-order valence-electron chi connectivity index (χ3n) is 11.4. The largest absolute Gasteiger partial charge is 0.471 e. The predicted octanol–water partition coefficient (Wildman–Crippen LogP) is 7.08. The maximum atomic E-state index is 13.2. The normalized spacial score (nSPS) is 17.9. The van der Waals surface area contributed by atoms with Gasteiger partial charge in [0, 0.05) is 62.5 Å². The summed E-state index contributed by atoms with van der Waals surface area (Å²) < 4.78 is 36.7. The fourth-order valence-corrected chi connectivity index (χ4v) is 8.14. The number of nitrogens with zero attached hydrogens (tertiary/aromatic N) is 4. The van der Waals surface area contributed by atoms with Crippen molar-refractivity contribution in [2.45, 2.75) is 121 Å². The van der Waals surface area contributed by atoms with E-state index in [1.807, 2.05) is 39.0 Å². The first-order valence-corrected chi connectivity index (χ1v) is 20.3. The van der Waals surface area contributed by atoms with Crippen molar-refractivity contribution in [2.24, 2.45) is 5.73 Å². The fraction of sp³-hybridized carbons (Fsp3) is 0.595. The molecule has 0 spiro atoms. The zero-order valence-corrected chi connectivity index (χ0v) is 32.4. The van der Waals surface area contributed by atoms with Crippen LogP contribution in [0, 0.1) is 0 Å². The lowest BCUT2D eigenvalue weighted by Crippen LogP contribution is -2.48. The summed E-state index contributed by atoms with van der Waals surface area (Å²) in [7, 11) is 0. The van der Waals surface area contributed by atoms with E-state index in [1.54, 1.807) is 17.4 Å². The van der Waals surface area contributed by atoms with E-state index >= 15 is 0 Å². The highest BCUT2D eigenvalue weighted by Gasteiger charge is 2.38. The first-order valence-electron chi connectivity index (χ1n) is 20.3. The molecule has 306 valence electrons. The number of carbonyl (C=O) groups excluding carboxylic acids is 5. The van der Waals surface area contributed by atoms with Gasteiger partial charge in [-0.2, -0.15) is 13.2 Å². The number of nitrogens with two attached hydrogens (primary N) is 1. The number of urea groups is 2. The van der Waals surface area contributed by atoms with Crippen molar-refractivity contribution >= 4 is 29.5 Å². The Hall–Kier alpha value is -4.46. The van der Waals surface area contributed by atoms with Gasteiger partial charge in [-0.15, -0.1) is 0 Å². The highest BCUT2D eigenvalue weighted by molar-refractivity contribution is 6.00. The van der Waals surface area contributed by atoms with Crippen LogP contribution in [-0.4, -0.2) is 107 Å². The molecule has 11 nitrogen and oxygen atoms in total. The second-order valence-corrected chi connectivity index (χ2v) is 15.4. The van der Waals surface area contributed by atoms with E-state index in [0.29, 0.717) is 24.7 Å². The topological polar surface area (TPSA) is 136 Å². The molecule has 4 fully saturated rings. The van der Waals surface area contributed by atoms with Crippen LogP contribution in [0.1, 0.15) is 122 Å². The molecule has 3 N–H and O–H groups in total. The van der Waals surface area contributed by atoms with Gasteiger partial charge in [-0.05, 0) is 75.3 Å². The van der Waals surface area contributed by atoms with Crippen LogP contribution >= 0.6 is 0 Å². The molecular formula is C42H57F3N6O5. The standard InChI is InChI=1S/C22H28F3N3O3.C20H29N3O2/c23-22(24,25)20(30)26-14-19(29)17-10-8-16(9-11-17)15-28(18-6-2-3-7-18)21(31)27-12-4-1-5-13-27;21-14-19(24)17-10-8-16(9-11-17)15-23(18-6-2-3-7-18)20(25)22-12-4-1-5-13-22/h8-11,18H,1-7,12-15H2,(H,26,30);8-11,18H,1-7,12-15,21H2. The minimum Gasteiger partial charge on any atom is -0.341 e. The molecule has 6 rings (SSSR count). The van der Waals surface area contributed by atoms with Crippen LogP contribution in [0.2, 0.25) is 0 Å². The van der Waals surface area contributed by atoms with E-state index in [4.69, 9.17) is 5.73 Å². The summed E-state index contributed by atoms with van der Waals surface area (Å²) >= 11 is 0. The van der Waals surface area contributed by atoms with Gasteiger partial charge in [-0.1, -0.05) is 74.2 Å². The number of rotatable bonds is 11. The van der Waals surface area contributed by atoms with E-state index in [-0.39, 0.29) is 36.0 Å². The van der Waals surface area contributed by atoms with Crippen LogP contribution in [0.4, 0.5) is 22.8 Å². The smallest absolute Gasteiger partial charge is 0.341 e. The van der Waals surface area contributed by atoms with Crippen LogP contribution in [0.25, 0.3) is 0 Å². The zero-order chi connectivity index (χ0) is 40.1. The van der Waals surface area contributed by atoms with Crippen LogP contribution in [-0.2, 0) is 17.9 Å². The molecule has 56 heavy (non-hydrogen) atoms. The summed E-state index contributed by atoms with van der Waals surface area (Å²) in [6, 6.07) is 14.8. The Morgan fingerprint density at radius 2 is 0.964 bits per heavy atom. The monoisotopic (exact) mass is 782 g/mol. The number of nitrogens with one attached hydrogen (secondary N) is 1. The number of hydrogen-bond acceptors (Lipinski definition) is 6. The van der Waals surface area contributed by atoms with E-state index in [1.165, 1.54) is 31.4 Å². The second kappa shape index (κ2) is 20.6. The molecule has 2 saturated carbocycles. The van der Waals surface area contributed by atoms with Gasteiger partial charge in [0.25, 0.3) is 0 Å². The number of alkyl halides is 3. The van der Waals surface area contributed by atoms with Crippen molar-refractivity contribution in [2.75, 3.05) is 39.3 Å². The molecule has 0 radical (unpaired) electrons. The molecule has 4 aliphatic rings. The number of ketones is 2. The molecule has 5 amide bonds. The number of halogens is 3. The first kappa shape index (κ1) is 42.7. The Balaban J connectivity index is 0.000000219. The van der Waals surface area contributed by atoms with Crippen LogP contribution in [0.15, 0.2) is 48.5 Å². The van der Waals surface area contributed by atoms with Gasteiger partial charge in [-0.25, -0.2) is 9.59 Å². The lowest BCUT2D eigenvalue weighted by Gasteiger charge is -2.36. The van der Waals surface area contributed by atoms with Crippen molar-refractivity contribution in [3.05, 3.63) is 70.8 Å². The summed E-state index contributed by atoms with van der Waals surface area (Å²) in [4.78, 5) is 68.8. The maximum Gasteiger partial charge on any atom is 0.471 e.